The Morgan fingerprint density at radius 3 is 2.05 bits per heavy atom. The average Bonchev–Trinajstić information content (AvgIpc) is 3.31. The third kappa shape index (κ3) is 5.43. The topological polar surface area (TPSA) is 95.7 Å². The normalized spacial score (nSPS) is 15.2. The highest BCUT2D eigenvalue weighted by Gasteiger charge is 2.37. The van der Waals surface area contributed by atoms with Crippen molar-refractivity contribution in [3.63, 3.8) is 0 Å². The van der Waals surface area contributed by atoms with E-state index in [9.17, 15) is 4.79 Å². The second kappa shape index (κ2) is 10.4. The lowest BCUT2D eigenvalue weighted by molar-refractivity contribution is 0.0994. The number of rotatable bonds is 7. The molecule has 0 aliphatic heterocycles. The molecule has 1 aliphatic carbocycles. The monoisotopic (exact) mass is 509 g/mol. The summed E-state index contributed by atoms with van der Waals surface area (Å²) in [6.45, 7) is 11.4. The number of aryl methyl sites for hydroxylation is 1. The van der Waals surface area contributed by atoms with Crippen LogP contribution in [0.2, 0.25) is 0 Å². The molecule has 4 rings (SSSR count). The number of hydrogen-bond acceptors (Lipinski definition) is 7. The van der Waals surface area contributed by atoms with Crippen LogP contribution in [0.3, 0.4) is 0 Å². The first-order chi connectivity index (χ1) is 17.0. The van der Waals surface area contributed by atoms with Crippen LogP contribution in [0.15, 0.2) is 28.7 Å². The van der Waals surface area contributed by atoms with Gasteiger partial charge in [0.1, 0.15) is 5.76 Å². The van der Waals surface area contributed by atoms with Crippen LogP contribution in [-0.2, 0) is 17.3 Å². The first-order valence-electron chi connectivity index (χ1n) is 12.1. The third-order valence-electron chi connectivity index (χ3n) is 7.19. The van der Waals surface area contributed by atoms with Gasteiger partial charge in [0, 0.05) is 6.42 Å². The Hall–Kier alpha value is -3.55. The number of anilines is 1. The molecular weight excluding hydrogens is 470 g/mol. The van der Waals surface area contributed by atoms with Crippen LogP contribution in [0.1, 0.15) is 86.5 Å². The van der Waals surface area contributed by atoms with Gasteiger partial charge in [-0.1, -0.05) is 47.3 Å². The number of nitrogens with one attached hydrogen (secondary N) is 1. The lowest BCUT2D eigenvalue weighted by Crippen LogP contribution is -2.34. The molecule has 0 fully saturated rings. The molecule has 1 N–H and O–H groups in total. The Bertz CT molecular complexity index is 1270. The number of ether oxygens (including phenoxy) is 3. The summed E-state index contributed by atoms with van der Waals surface area (Å²) in [5, 5.41) is 2.73. The molecule has 2 aromatic heterocycles. The zero-order valence-corrected chi connectivity index (χ0v) is 22.4. The molecule has 0 bridgehead atoms. The van der Waals surface area contributed by atoms with E-state index in [0.717, 1.165) is 6.42 Å². The number of fused-ring (bicyclic) bond motifs is 1. The van der Waals surface area contributed by atoms with Crippen LogP contribution < -0.4 is 19.5 Å². The Morgan fingerprint density at radius 2 is 1.51 bits per heavy atom. The summed E-state index contributed by atoms with van der Waals surface area (Å²) in [4.78, 5) is 21.2. The van der Waals surface area contributed by atoms with Crippen molar-refractivity contribution in [3.8, 4) is 17.8 Å². The molecule has 0 atom stereocenters. The van der Waals surface area contributed by atoms with E-state index in [-0.39, 0.29) is 47.5 Å². The number of carbonyl (C=O) groups is 1. The zero-order valence-electron chi connectivity index (χ0n) is 22.4. The van der Waals surface area contributed by atoms with Crippen molar-refractivity contribution in [3.05, 3.63) is 58.0 Å². The van der Waals surface area contributed by atoms with E-state index in [4.69, 9.17) is 18.6 Å². The highest BCUT2D eigenvalue weighted by Crippen LogP contribution is 2.46. The van der Waals surface area contributed by atoms with Gasteiger partial charge >= 0.3 is 6.01 Å². The third-order valence-corrected chi connectivity index (χ3v) is 7.19. The summed E-state index contributed by atoms with van der Waals surface area (Å²) in [5.74, 6) is 0.655. The number of carbonyl (C=O) groups excluding carboxylic acids is 1. The molecule has 200 valence electrons. The average molecular weight is 510 g/mol. The van der Waals surface area contributed by atoms with Crippen LogP contribution in [0.25, 0.3) is 0 Å². The van der Waals surface area contributed by atoms with Gasteiger partial charge in [0.15, 0.2) is 11.4 Å². The molecule has 8 nitrogen and oxygen atoms in total. The number of aromatic nitrogens is 2. The highest BCUT2D eigenvalue weighted by atomic mass is 16.5. The quantitative estimate of drug-likeness (QED) is 0.403. The second-order valence-electron chi connectivity index (χ2n) is 10.6. The minimum Gasteiger partial charge on any atom is -0.479 e. The summed E-state index contributed by atoms with van der Waals surface area (Å²) in [6, 6.07) is 8.23. The fourth-order valence-electron chi connectivity index (χ4n) is 4.81. The lowest BCUT2D eigenvalue weighted by Gasteiger charge is -2.42. The van der Waals surface area contributed by atoms with Crippen LogP contribution in [-0.4, -0.2) is 37.2 Å². The smallest absolute Gasteiger partial charge is 0.322 e. The van der Waals surface area contributed by atoms with Crippen molar-refractivity contribution in [1.29, 1.82) is 0 Å². The van der Waals surface area contributed by atoms with E-state index < -0.39 is 5.91 Å². The highest BCUT2D eigenvalue weighted by molar-refractivity contribution is 6.03. The fraction of sp³-hybridized carbons (Fsp3) is 0.483. The number of hydrogen-bond donors (Lipinski definition) is 1. The zero-order chi connectivity index (χ0) is 26.3. The molecular formula is C29H39N3O5. The van der Waals surface area contributed by atoms with E-state index in [1.165, 1.54) is 50.0 Å². The first-order valence-corrected chi connectivity index (χ1v) is 12.1. The van der Waals surface area contributed by atoms with Crippen molar-refractivity contribution in [2.75, 3.05) is 26.6 Å². The number of benzene rings is 1. The van der Waals surface area contributed by atoms with Gasteiger partial charge in [-0.3, -0.25) is 4.79 Å². The minimum atomic E-state index is -0.461. The van der Waals surface area contributed by atoms with Crippen LogP contribution in [0.4, 0.5) is 5.69 Å². The van der Waals surface area contributed by atoms with E-state index >= 15 is 0 Å². The number of nitrogens with zero attached hydrogens (tertiary/aromatic N) is 2. The summed E-state index contributed by atoms with van der Waals surface area (Å²) in [7, 11) is 4.30. The van der Waals surface area contributed by atoms with Crippen LogP contribution in [0, 0.1) is 6.92 Å². The maximum Gasteiger partial charge on any atom is 0.322 e. The maximum absolute atomic E-state index is 13.0. The molecule has 0 saturated carbocycles. The van der Waals surface area contributed by atoms with Gasteiger partial charge in [0.25, 0.3) is 5.91 Å². The standard InChI is InChI=1S/C28H35N3O5.CH4/c1-16-13-19-20(28(4,5)12-11-27(19,2)3)15-17(16)14-18-9-10-21(36-18)23(32)29-22-24(33-6)30-26(35-8)31-25(22)34-7;/h9-10,13,15H,11-12,14H2,1-8H3,(H,29,32);1H4. The van der Waals surface area contributed by atoms with E-state index in [0.29, 0.717) is 12.2 Å². The van der Waals surface area contributed by atoms with Gasteiger partial charge in [0.05, 0.1) is 21.3 Å². The van der Waals surface area contributed by atoms with Gasteiger partial charge in [-0.25, -0.2) is 0 Å². The molecule has 0 spiro atoms. The Morgan fingerprint density at radius 1 is 0.946 bits per heavy atom. The summed E-state index contributed by atoms with van der Waals surface area (Å²) < 4.78 is 21.6. The molecule has 1 amide bonds. The van der Waals surface area contributed by atoms with Crippen molar-refractivity contribution < 1.29 is 23.4 Å². The summed E-state index contributed by atoms with van der Waals surface area (Å²) >= 11 is 0. The molecule has 0 radical (unpaired) electrons. The Labute approximate surface area is 219 Å². The number of methoxy groups -OCH3 is 3. The maximum atomic E-state index is 13.0. The molecule has 2 heterocycles. The molecule has 37 heavy (non-hydrogen) atoms. The van der Waals surface area contributed by atoms with E-state index in [1.807, 2.05) is 6.07 Å². The van der Waals surface area contributed by atoms with Crippen LogP contribution in [0.5, 0.6) is 17.8 Å². The van der Waals surface area contributed by atoms with E-state index in [2.05, 4.69) is 62.0 Å². The Balaban J connectivity index is 0.00000380. The number of amides is 1. The van der Waals surface area contributed by atoms with Crippen molar-refractivity contribution >= 4 is 11.6 Å². The molecule has 8 heteroatoms. The van der Waals surface area contributed by atoms with Gasteiger partial charge < -0.3 is 23.9 Å². The fourth-order valence-corrected chi connectivity index (χ4v) is 4.81. The Kier molecular flexibility index (Phi) is 7.91. The lowest BCUT2D eigenvalue weighted by atomic mass is 9.62. The molecule has 1 aliphatic rings. The molecule has 0 unspecified atom stereocenters. The SMILES string of the molecule is C.COc1nc(OC)c(NC(=O)c2ccc(Cc3cc4c(cc3C)C(C)(C)CCC4(C)C)o2)c(OC)n1. The van der Waals surface area contributed by atoms with Crippen molar-refractivity contribution in [2.45, 2.75) is 72.1 Å². The van der Waals surface area contributed by atoms with Crippen molar-refractivity contribution in [2.24, 2.45) is 0 Å². The second-order valence-corrected chi connectivity index (χ2v) is 10.6. The van der Waals surface area contributed by atoms with Gasteiger partial charge in [-0.2, -0.15) is 9.97 Å². The van der Waals surface area contributed by atoms with Crippen LogP contribution >= 0.6 is 0 Å². The molecule has 0 saturated heterocycles. The molecule has 1 aromatic carbocycles. The molecule has 3 aromatic rings. The number of furan rings is 1. The largest absolute Gasteiger partial charge is 0.479 e. The summed E-state index contributed by atoms with van der Waals surface area (Å²) in [5.41, 5.74) is 5.75. The summed E-state index contributed by atoms with van der Waals surface area (Å²) in [6.07, 6.45) is 2.93. The van der Waals surface area contributed by atoms with Crippen molar-refractivity contribution in [1.82, 2.24) is 9.97 Å². The van der Waals surface area contributed by atoms with Gasteiger partial charge in [-0.15, -0.1) is 0 Å². The first kappa shape index (κ1) is 28.0. The predicted octanol–water partition coefficient (Wildman–Crippen LogP) is 6.23. The minimum absolute atomic E-state index is 0. The van der Waals surface area contributed by atoms with E-state index in [1.54, 1.807) is 6.07 Å². The predicted molar refractivity (Wildman–Crippen MR) is 144 cm³/mol. The van der Waals surface area contributed by atoms with Gasteiger partial charge in [0.2, 0.25) is 11.8 Å². The van der Waals surface area contributed by atoms with Gasteiger partial charge in [-0.05, 0) is 65.0 Å².